The maximum Gasteiger partial charge on any atom is 0.322 e. The second-order valence-electron chi connectivity index (χ2n) is 6.42. The van der Waals surface area contributed by atoms with E-state index in [1.54, 1.807) is 11.8 Å². The molecule has 5 nitrogen and oxygen atoms in total. The lowest BCUT2D eigenvalue weighted by atomic mass is 10.1. The van der Waals surface area contributed by atoms with E-state index in [0.717, 1.165) is 36.9 Å². The summed E-state index contributed by atoms with van der Waals surface area (Å²) < 4.78 is 23.1. The van der Waals surface area contributed by atoms with E-state index in [2.05, 4.69) is 12.2 Å². The summed E-state index contributed by atoms with van der Waals surface area (Å²) >= 11 is 0. The van der Waals surface area contributed by atoms with E-state index in [9.17, 15) is 13.2 Å². The topological polar surface area (TPSA) is 66.5 Å². The van der Waals surface area contributed by atoms with Gasteiger partial charge >= 0.3 is 6.03 Å². The van der Waals surface area contributed by atoms with Gasteiger partial charge in [-0.3, -0.25) is 0 Å². The molecule has 1 saturated carbocycles. The van der Waals surface area contributed by atoms with E-state index in [-0.39, 0.29) is 23.9 Å². The Morgan fingerprint density at radius 3 is 2.57 bits per heavy atom. The molecule has 2 amide bonds. The highest BCUT2D eigenvalue weighted by Gasteiger charge is 2.37. The summed E-state index contributed by atoms with van der Waals surface area (Å²) in [4.78, 5) is 14.4. The van der Waals surface area contributed by atoms with Gasteiger partial charge in [-0.25, -0.2) is 13.2 Å². The first-order chi connectivity index (χ1) is 10.8. The van der Waals surface area contributed by atoms with Gasteiger partial charge in [0.05, 0.1) is 5.75 Å². The minimum atomic E-state index is -3.12. The van der Waals surface area contributed by atoms with Crippen molar-refractivity contribution >= 4 is 21.6 Å². The molecule has 0 heterocycles. The number of nitrogens with one attached hydrogen (secondary N) is 1. The summed E-state index contributed by atoms with van der Waals surface area (Å²) in [6, 6.07) is 7.41. The van der Waals surface area contributed by atoms with Crippen LogP contribution in [0.15, 0.2) is 24.3 Å². The fourth-order valence-electron chi connectivity index (χ4n) is 2.91. The van der Waals surface area contributed by atoms with Crippen molar-refractivity contribution in [2.24, 2.45) is 0 Å². The van der Waals surface area contributed by atoms with Gasteiger partial charge in [-0.05, 0) is 37.8 Å². The monoisotopic (exact) mass is 338 g/mol. The molecule has 1 aromatic rings. The average Bonchev–Trinajstić information content (AvgIpc) is 3.24. The molecule has 1 aliphatic carbocycles. The molecule has 0 aromatic heterocycles. The van der Waals surface area contributed by atoms with Crippen LogP contribution in [0.5, 0.6) is 0 Å². The number of carbonyl (C=O) groups excluding carboxylic acids is 1. The number of urea groups is 1. The zero-order valence-corrected chi connectivity index (χ0v) is 14.9. The summed E-state index contributed by atoms with van der Waals surface area (Å²) in [5.41, 5.74) is 1.92. The van der Waals surface area contributed by atoms with Crippen molar-refractivity contribution in [3.05, 3.63) is 29.8 Å². The molecular weight excluding hydrogens is 312 g/mol. The fraction of sp³-hybridized carbons (Fsp3) is 0.588. The number of sulfone groups is 1. The molecule has 128 valence electrons. The lowest BCUT2D eigenvalue weighted by molar-refractivity contribution is 0.194. The van der Waals surface area contributed by atoms with E-state index in [4.69, 9.17) is 0 Å². The van der Waals surface area contributed by atoms with Crippen molar-refractivity contribution in [2.75, 3.05) is 17.3 Å². The highest BCUT2D eigenvalue weighted by Crippen LogP contribution is 2.30. The Morgan fingerprint density at radius 2 is 2.00 bits per heavy atom. The molecular formula is C17H26N2O3S. The van der Waals surface area contributed by atoms with Crippen LogP contribution in [0, 0.1) is 0 Å². The van der Waals surface area contributed by atoms with Gasteiger partial charge in [-0.1, -0.05) is 31.5 Å². The molecule has 0 aliphatic heterocycles. The number of hydrogen-bond donors (Lipinski definition) is 1. The third kappa shape index (κ3) is 5.23. The van der Waals surface area contributed by atoms with Crippen molar-refractivity contribution < 1.29 is 13.2 Å². The van der Waals surface area contributed by atoms with Crippen LogP contribution in [0.1, 0.15) is 38.7 Å². The Morgan fingerprint density at radius 1 is 1.35 bits per heavy atom. The van der Waals surface area contributed by atoms with Gasteiger partial charge in [0.1, 0.15) is 9.84 Å². The van der Waals surface area contributed by atoms with Crippen LogP contribution < -0.4 is 5.32 Å². The minimum absolute atomic E-state index is 0.00642. The largest absolute Gasteiger partial charge is 0.322 e. The number of carbonyl (C=O) groups is 1. The van der Waals surface area contributed by atoms with Gasteiger partial charge in [0, 0.05) is 24.0 Å². The van der Waals surface area contributed by atoms with Crippen LogP contribution in [-0.2, 0) is 16.3 Å². The van der Waals surface area contributed by atoms with Gasteiger partial charge in [-0.15, -0.1) is 0 Å². The quantitative estimate of drug-likeness (QED) is 0.831. The normalized spacial score (nSPS) is 16.0. The molecule has 0 bridgehead atoms. The molecule has 6 heteroatoms. The Hall–Kier alpha value is -1.56. The van der Waals surface area contributed by atoms with Crippen LogP contribution in [0.25, 0.3) is 0 Å². The van der Waals surface area contributed by atoms with Gasteiger partial charge in [-0.2, -0.15) is 0 Å². The van der Waals surface area contributed by atoms with Crippen molar-refractivity contribution in [3.8, 4) is 0 Å². The number of benzene rings is 1. The average molecular weight is 338 g/mol. The second-order valence-corrected chi connectivity index (χ2v) is 8.60. The maximum absolute atomic E-state index is 12.7. The highest BCUT2D eigenvalue weighted by molar-refractivity contribution is 7.90. The van der Waals surface area contributed by atoms with Crippen LogP contribution in [0.2, 0.25) is 0 Å². The molecule has 2 rings (SSSR count). The molecule has 23 heavy (non-hydrogen) atoms. The smallest absolute Gasteiger partial charge is 0.318 e. The van der Waals surface area contributed by atoms with Crippen molar-refractivity contribution in [2.45, 2.75) is 51.6 Å². The number of amides is 2. The molecule has 0 spiro atoms. The van der Waals surface area contributed by atoms with E-state index in [0.29, 0.717) is 0 Å². The Bertz CT molecular complexity index is 654. The SMILES string of the molecule is CCCc1ccccc1NC(=O)N(C1CC1)[C@H](C)CS(C)(=O)=O. The lowest BCUT2D eigenvalue weighted by Crippen LogP contribution is -2.46. The summed E-state index contributed by atoms with van der Waals surface area (Å²) in [5, 5.41) is 2.98. The predicted octanol–water partition coefficient (Wildman–Crippen LogP) is 3.07. The van der Waals surface area contributed by atoms with E-state index in [1.165, 1.54) is 6.26 Å². The summed E-state index contributed by atoms with van der Waals surface area (Å²) in [5.74, 6) is -0.00642. The summed E-state index contributed by atoms with van der Waals surface area (Å²) in [6.07, 6.45) is 5.00. The molecule has 0 saturated heterocycles. The number of para-hydroxylation sites is 1. The lowest BCUT2D eigenvalue weighted by Gasteiger charge is -2.29. The van der Waals surface area contributed by atoms with Crippen LogP contribution in [-0.4, -0.2) is 43.4 Å². The third-order valence-corrected chi connectivity index (χ3v) is 5.06. The number of anilines is 1. The molecule has 1 fully saturated rings. The number of rotatable bonds is 7. The molecule has 1 N–H and O–H groups in total. The van der Waals surface area contributed by atoms with Gasteiger partial charge in [0.25, 0.3) is 0 Å². The number of hydrogen-bond acceptors (Lipinski definition) is 3. The highest BCUT2D eigenvalue weighted by atomic mass is 32.2. The number of nitrogens with zero attached hydrogens (tertiary/aromatic N) is 1. The molecule has 0 radical (unpaired) electrons. The second kappa shape index (κ2) is 7.34. The first kappa shape index (κ1) is 17.8. The first-order valence-corrected chi connectivity index (χ1v) is 10.2. The zero-order chi connectivity index (χ0) is 17.0. The van der Waals surface area contributed by atoms with Crippen molar-refractivity contribution in [3.63, 3.8) is 0 Å². The Labute approximate surface area is 139 Å². The summed E-state index contributed by atoms with van der Waals surface area (Å²) in [6.45, 7) is 3.90. The first-order valence-electron chi connectivity index (χ1n) is 8.16. The molecule has 0 unspecified atom stereocenters. The van der Waals surface area contributed by atoms with Crippen LogP contribution in [0.4, 0.5) is 10.5 Å². The van der Waals surface area contributed by atoms with E-state index >= 15 is 0 Å². The fourth-order valence-corrected chi connectivity index (χ4v) is 3.94. The van der Waals surface area contributed by atoms with Crippen molar-refractivity contribution in [1.29, 1.82) is 0 Å². The zero-order valence-electron chi connectivity index (χ0n) is 14.1. The maximum atomic E-state index is 12.7. The van der Waals surface area contributed by atoms with E-state index < -0.39 is 9.84 Å². The van der Waals surface area contributed by atoms with Crippen LogP contribution >= 0.6 is 0 Å². The molecule has 1 aliphatic rings. The van der Waals surface area contributed by atoms with Gasteiger partial charge < -0.3 is 10.2 Å². The van der Waals surface area contributed by atoms with Crippen molar-refractivity contribution in [1.82, 2.24) is 4.90 Å². The molecule has 1 atom stereocenters. The minimum Gasteiger partial charge on any atom is -0.318 e. The Kier molecular flexibility index (Phi) is 5.68. The van der Waals surface area contributed by atoms with Crippen LogP contribution in [0.3, 0.4) is 0 Å². The molecule has 1 aromatic carbocycles. The third-order valence-electron chi connectivity index (χ3n) is 3.97. The Balaban J connectivity index is 2.13. The summed E-state index contributed by atoms with van der Waals surface area (Å²) in [7, 11) is -3.12. The van der Waals surface area contributed by atoms with Gasteiger partial charge in [0.2, 0.25) is 0 Å². The number of aryl methyl sites for hydroxylation is 1. The predicted molar refractivity (Wildman–Crippen MR) is 93.5 cm³/mol. The van der Waals surface area contributed by atoms with E-state index in [1.807, 2.05) is 24.3 Å². The van der Waals surface area contributed by atoms with Gasteiger partial charge in [0.15, 0.2) is 0 Å². The standard InChI is InChI=1S/C17H26N2O3S/c1-4-7-14-8-5-6-9-16(14)18-17(20)19(15-10-11-15)13(2)12-23(3,21)22/h5-6,8-9,13,15H,4,7,10-12H2,1-3H3,(H,18,20)/t13-/m1/s1.